The van der Waals surface area contributed by atoms with Crippen LogP contribution in [0, 0.1) is 5.92 Å². The molecule has 1 aliphatic rings. The molecule has 25 heavy (non-hydrogen) atoms. The van der Waals surface area contributed by atoms with Crippen molar-refractivity contribution in [2.45, 2.75) is 39.2 Å². The number of amidine groups is 1. The third kappa shape index (κ3) is 5.50. The lowest BCUT2D eigenvalue weighted by atomic mass is 10.0. The summed E-state index contributed by atoms with van der Waals surface area (Å²) in [6.07, 6.45) is 4.56. The molecular formula is C21H26ClN3. The fourth-order valence-electron chi connectivity index (χ4n) is 3.12. The molecule has 0 saturated heterocycles. The second-order valence-electron chi connectivity index (χ2n) is 6.78. The molecule has 1 heterocycles. The highest BCUT2D eigenvalue weighted by molar-refractivity contribution is 6.30. The first-order chi connectivity index (χ1) is 12.2. The summed E-state index contributed by atoms with van der Waals surface area (Å²) >= 11 is 6.08. The van der Waals surface area contributed by atoms with Gasteiger partial charge in [-0.2, -0.15) is 0 Å². The largest absolute Gasteiger partial charge is 0.383 e. The molecule has 0 fully saturated rings. The minimum Gasteiger partial charge on any atom is -0.383 e. The van der Waals surface area contributed by atoms with Gasteiger partial charge in [0, 0.05) is 18.0 Å². The van der Waals surface area contributed by atoms with E-state index in [-0.39, 0.29) is 0 Å². The molecule has 132 valence electrons. The number of hydrogen-bond acceptors (Lipinski definition) is 2. The molecule has 1 unspecified atom stereocenters. The molecule has 1 atom stereocenters. The van der Waals surface area contributed by atoms with E-state index in [2.05, 4.69) is 47.9 Å². The zero-order valence-corrected chi connectivity index (χ0v) is 15.5. The minimum absolute atomic E-state index is 0.647. The first kappa shape index (κ1) is 17.8. The molecule has 0 saturated carbocycles. The lowest BCUT2D eigenvalue weighted by molar-refractivity contribution is 0.492. The number of nitrogens with zero attached hydrogens (tertiary/aromatic N) is 1. The summed E-state index contributed by atoms with van der Waals surface area (Å²) in [7, 11) is 0. The van der Waals surface area contributed by atoms with Gasteiger partial charge in [-0.1, -0.05) is 49.2 Å². The maximum Gasteiger partial charge on any atom is 0.101 e. The van der Waals surface area contributed by atoms with Crippen LogP contribution in [0.1, 0.15) is 38.2 Å². The number of halogens is 1. The Labute approximate surface area is 155 Å². The number of hydrogen-bond donors (Lipinski definition) is 2. The number of rotatable bonds is 2. The summed E-state index contributed by atoms with van der Waals surface area (Å²) in [4.78, 5) is 4.84. The van der Waals surface area contributed by atoms with Gasteiger partial charge in [0.2, 0.25) is 0 Å². The molecule has 0 amide bonds. The average Bonchev–Trinajstić information content (AvgIpc) is 2.64. The SMILES string of the molecule is CC1CCCC(=NCc2cccc(Cl)c2)Nc2ccccc2NCC1. The number of benzene rings is 2. The first-order valence-electron chi connectivity index (χ1n) is 9.08. The van der Waals surface area contributed by atoms with E-state index in [0.29, 0.717) is 6.54 Å². The van der Waals surface area contributed by atoms with Crippen molar-refractivity contribution < 1.29 is 0 Å². The molecule has 3 rings (SSSR count). The fraction of sp³-hybridized carbons (Fsp3) is 0.381. The van der Waals surface area contributed by atoms with Crippen molar-refractivity contribution in [3.63, 3.8) is 0 Å². The first-order valence-corrected chi connectivity index (χ1v) is 9.46. The Kier molecular flexibility index (Phi) is 6.35. The third-order valence-corrected chi connectivity index (χ3v) is 4.85. The van der Waals surface area contributed by atoms with Crippen LogP contribution in [0.3, 0.4) is 0 Å². The van der Waals surface area contributed by atoms with Crippen LogP contribution in [0.5, 0.6) is 0 Å². The molecule has 2 aromatic rings. The van der Waals surface area contributed by atoms with E-state index >= 15 is 0 Å². The van der Waals surface area contributed by atoms with Crippen LogP contribution in [0.2, 0.25) is 5.02 Å². The Bertz CT molecular complexity index is 727. The van der Waals surface area contributed by atoms with Crippen LogP contribution in [0.25, 0.3) is 0 Å². The predicted octanol–water partition coefficient (Wildman–Crippen LogP) is 5.97. The molecule has 4 heteroatoms. The summed E-state index contributed by atoms with van der Waals surface area (Å²) in [5.74, 6) is 1.77. The molecule has 0 bridgehead atoms. The summed E-state index contributed by atoms with van der Waals surface area (Å²) in [5, 5.41) is 7.87. The number of nitrogens with one attached hydrogen (secondary N) is 2. The van der Waals surface area contributed by atoms with Crippen molar-refractivity contribution in [2.75, 3.05) is 17.2 Å². The molecule has 0 spiro atoms. The van der Waals surface area contributed by atoms with Crippen molar-refractivity contribution in [1.82, 2.24) is 0 Å². The van der Waals surface area contributed by atoms with Gasteiger partial charge in [-0.05, 0) is 48.6 Å². The maximum atomic E-state index is 6.08. The van der Waals surface area contributed by atoms with E-state index in [0.717, 1.165) is 53.1 Å². The van der Waals surface area contributed by atoms with Gasteiger partial charge in [0.1, 0.15) is 5.84 Å². The second kappa shape index (κ2) is 8.91. The molecule has 1 aliphatic heterocycles. The van der Waals surface area contributed by atoms with Gasteiger partial charge in [-0.25, -0.2) is 0 Å². The Morgan fingerprint density at radius 1 is 1.08 bits per heavy atom. The number of anilines is 2. The van der Waals surface area contributed by atoms with Crippen LogP contribution in [-0.4, -0.2) is 12.4 Å². The van der Waals surface area contributed by atoms with Crippen molar-refractivity contribution in [3.8, 4) is 0 Å². The lowest BCUT2D eigenvalue weighted by Gasteiger charge is -2.14. The molecule has 0 radical (unpaired) electrons. The Hall–Kier alpha value is -2.00. The van der Waals surface area contributed by atoms with Gasteiger partial charge in [-0.3, -0.25) is 4.99 Å². The van der Waals surface area contributed by atoms with Gasteiger partial charge >= 0.3 is 0 Å². The summed E-state index contributed by atoms with van der Waals surface area (Å²) in [6, 6.07) is 16.3. The van der Waals surface area contributed by atoms with Crippen LogP contribution >= 0.6 is 11.6 Å². The van der Waals surface area contributed by atoms with E-state index in [1.54, 1.807) is 0 Å². The Morgan fingerprint density at radius 2 is 1.92 bits per heavy atom. The number of para-hydroxylation sites is 2. The molecule has 3 nitrogen and oxygen atoms in total. The van der Waals surface area contributed by atoms with Gasteiger partial charge in [-0.15, -0.1) is 0 Å². The monoisotopic (exact) mass is 355 g/mol. The van der Waals surface area contributed by atoms with Crippen LogP contribution in [0.15, 0.2) is 53.5 Å². The zero-order chi connectivity index (χ0) is 17.5. The molecule has 2 aromatic carbocycles. The molecule has 2 N–H and O–H groups in total. The fourth-order valence-corrected chi connectivity index (χ4v) is 3.33. The average molecular weight is 356 g/mol. The molecular weight excluding hydrogens is 330 g/mol. The van der Waals surface area contributed by atoms with Gasteiger partial charge in [0.05, 0.1) is 17.9 Å². The minimum atomic E-state index is 0.647. The highest BCUT2D eigenvalue weighted by Crippen LogP contribution is 2.24. The zero-order valence-electron chi connectivity index (χ0n) is 14.8. The Balaban J connectivity index is 1.80. The summed E-state index contributed by atoms with van der Waals surface area (Å²) in [6.45, 7) is 3.99. The van der Waals surface area contributed by atoms with Gasteiger partial charge in [0.15, 0.2) is 0 Å². The maximum absolute atomic E-state index is 6.08. The molecule has 0 aromatic heterocycles. The van der Waals surface area contributed by atoms with E-state index in [9.17, 15) is 0 Å². The van der Waals surface area contributed by atoms with Crippen molar-refractivity contribution >= 4 is 28.8 Å². The normalized spacial score (nSPS) is 20.1. The van der Waals surface area contributed by atoms with Crippen molar-refractivity contribution in [3.05, 3.63) is 59.1 Å². The predicted molar refractivity (Wildman–Crippen MR) is 109 cm³/mol. The van der Waals surface area contributed by atoms with Crippen molar-refractivity contribution in [1.29, 1.82) is 0 Å². The van der Waals surface area contributed by atoms with E-state index in [1.165, 1.54) is 12.8 Å². The third-order valence-electron chi connectivity index (χ3n) is 4.61. The standard InChI is InChI=1S/C21H26ClN3/c1-16-6-4-11-21(24-15-17-7-5-8-18(22)14-17)25-20-10-3-2-9-19(20)23-13-12-16/h2-3,5,7-10,14,16,23H,4,6,11-13,15H2,1H3,(H,24,25). The quantitative estimate of drug-likeness (QED) is 0.695. The van der Waals surface area contributed by atoms with Gasteiger partial charge < -0.3 is 10.6 Å². The van der Waals surface area contributed by atoms with E-state index in [1.807, 2.05) is 18.2 Å². The second-order valence-corrected chi connectivity index (χ2v) is 7.21. The number of fused-ring (bicyclic) bond motifs is 1. The van der Waals surface area contributed by atoms with Crippen LogP contribution in [-0.2, 0) is 6.54 Å². The molecule has 0 aliphatic carbocycles. The number of aliphatic imine (C=N–C) groups is 1. The van der Waals surface area contributed by atoms with E-state index < -0.39 is 0 Å². The highest BCUT2D eigenvalue weighted by Gasteiger charge is 2.10. The lowest BCUT2D eigenvalue weighted by Crippen LogP contribution is -2.14. The van der Waals surface area contributed by atoms with E-state index in [4.69, 9.17) is 16.6 Å². The van der Waals surface area contributed by atoms with Crippen LogP contribution in [0.4, 0.5) is 11.4 Å². The Morgan fingerprint density at radius 3 is 2.76 bits per heavy atom. The van der Waals surface area contributed by atoms with Crippen LogP contribution < -0.4 is 10.6 Å². The van der Waals surface area contributed by atoms with Crippen molar-refractivity contribution in [2.24, 2.45) is 10.9 Å². The van der Waals surface area contributed by atoms with Gasteiger partial charge in [0.25, 0.3) is 0 Å². The summed E-state index contributed by atoms with van der Waals surface area (Å²) < 4.78 is 0. The summed E-state index contributed by atoms with van der Waals surface area (Å²) in [5.41, 5.74) is 3.38. The highest BCUT2D eigenvalue weighted by atomic mass is 35.5. The topological polar surface area (TPSA) is 36.4 Å². The smallest absolute Gasteiger partial charge is 0.101 e.